The van der Waals surface area contributed by atoms with Crippen molar-refractivity contribution in [2.45, 2.75) is 118 Å². The second-order valence-corrected chi connectivity index (χ2v) is 16.1. The lowest BCUT2D eigenvalue weighted by Gasteiger charge is -2.51. The van der Waals surface area contributed by atoms with E-state index in [1.807, 2.05) is 13.0 Å². The van der Waals surface area contributed by atoms with Gasteiger partial charge in [-0.1, -0.05) is 72.1 Å². The summed E-state index contributed by atoms with van der Waals surface area (Å²) in [6, 6.07) is 7.79. The number of rotatable bonds is 14. The molecule has 3 heterocycles. The molecule has 0 spiro atoms. The lowest BCUT2D eigenvalue weighted by atomic mass is 9.94. The van der Waals surface area contributed by atoms with Gasteiger partial charge >= 0.3 is 23.9 Å². The molecule has 16 nitrogen and oxygen atoms in total. The van der Waals surface area contributed by atoms with Crippen LogP contribution in [0.3, 0.4) is 0 Å². The van der Waals surface area contributed by atoms with Crippen LogP contribution in [0.4, 0.5) is 0 Å². The van der Waals surface area contributed by atoms with Gasteiger partial charge in [0.05, 0.1) is 19.1 Å². The van der Waals surface area contributed by atoms with E-state index in [1.54, 1.807) is 24.3 Å². The molecule has 3 fully saturated rings. The van der Waals surface area contributed by atoms with Crippen LogP contribution in [0.5, 0.6) is 0 Å². The number of hydrogen-bond acceptors (Lipinski definition) is 16. The maximum atomic E-state index is 13.2. The van der Waals surface area contributed by atoms with Crippen LogP contribution in [0.2, 0.25) is 0 Å². The van der Waals surface area contributed by atoms with Crippen LogP contribution in [0, 0.1) is 0 Å². The molecule has 1 unspecified atom stereocenters. The summed E-state index contributed by atoms with van der Waals surface area (Å²) in [6.07, 6.45) is -12.5. The van der Waals surface area contributed by atoms with Crippen LogP contribution in [0.25, 0.3) is 0 Å². The highest BCUT2D eigenvalue weighted by molar-refractivity contribution is 7.99. The van der Waals surface area contributed by atoms with Crippen molar-refractivity contribution < 1.29 is 71.4 Å². The number of Topliss-reactive ketones (excluding diaryl/α,β-unsaturated/α-hetero) is 1. The number of halogens is 3. The fourth-order valence-electron chi connectivity index (χ4n) is 5.96. The van der Waals surface area contributed by atoms with E-state index in [4.69, 9.17) is 77.4 Å². The first-order chi connectivity index (χ1) is 25.5. The van der Waals surface area contributed by atoms with Crippen LogP contribution >= 0.6 is 46.6 Å². The summed E-state index contributed by atoms with van der Waals surface area (Å²) in [7, 11) is 0. The standard InChI is InChI=1S/C34H42Cl3NO15S/c1-6-54-32-24(38-33(44)34(35,36)37)27(25-22(50-32)15-46-30(52-25)20-10-8-7-9-11-20)53-31-29(51-23(43)13-12-16(2)39)28(48-19(5)42)26(47-18(4)41)21(49-31)14-45-17(3)40/h7-11,21-22,24-32H,6,12-15H2,1-5H3,(H,38,44)/t21-,22-,24-,25-,26+,27-,28+,29-,30?,31+,32+/m1/s1. The summed E-state index contributed by atoms with van der Waals surface area (Å²) >= 11 is 19.2. The van der Waals surface area contributed by atoms with E-state index in [1.165, 1.54) is 18.7 Å². The summed E-state index contributed by atoms with van der Waals surface area (Å²) in [4.78, 5) is 75.0. The molecular formula is C34H42Cl3NO15S. The van der Waals surface area contributed by atoms with Crippen molar-refractivity contribution in [3.05, 3.63) is 35.9 Å². The van der Waals surface area contributed by atoms with Gasteiger partial charge in [0.15, 0.2) is 30.9 Å². The topological polar surface area (TPSA) is 198 Å². The van der Waals surface area contributed by atoms with Crippen LogP contribution in [0.1, 0.15) is 59.3 Å². The number of ether oxygens (including phenoxy) is 9. The van der Waals surface area contributed by atoms with Crippen LogP contribution < -0.4 is 5.32 Å². The van der Waals surface area contributed by atoms with Gasteiger partial charge in [-0.05, 0) is 12.7 Å². The second kappa shape index (κ2) is 19.9. The summed E-state index contributed by atoms with van der Waals surface area (Å²) in [6.45, 7) is 5.91. The first-order valence-corrected chi connectivity index (χ1v) is 19.1. The Morgan fingerprint density at radius 3 is 2.09 bits per heavy atom. The SMILES string of the molecule is CCS[C@@H]1O[C@@H]2COC(c3ccccc3)O[C@H]2[C@H](O[C@@H]2O[C@H](COC(C)=O)[C@H](OC(C)=O)[C@H](OC(C)=O)[C@H]2OC(=O)CCC(C)=O)[C@H]1NC(=O)C(Cl)(Cl)Cl. The molecular weight excluding hydrogens is 801 g/mol. The van der Waals surface area contributed by atoms with Crippen molar-refractivity contribution >= 4 is 82.1 Å². The van der Waals surface area contributed by atoms with Crippen molar-refractivity contribution in [2.24, 2.45) is 0 Å². The Labute approximate surface area is 330 Å². The molecule has 0 radical (unpaired) electrons. The van der Waals surface area contributed by atoms with E-state index in [9.17, 15) is 28.8 Å². The average Bonchev–Trinajstić information content (AvgIpc) is 3.09. The van der Waals surface area contributed by atoms with Crippen molar-refractivity contribution in [1.82, 2.24) is 5.32 Å². The Morgan fingerprint density at radius 2 is 1.50 bits per heavy atom. The number of benzene rings is 1. The number of ketones is 1. The molecule has 3 aliphatic heterocycles. The van der Waals surface area contributed by atoms with Gasteiger partial charge in [0.1, 0.15) is 42.2 Å². The number of esters is 4. The molecule has 4 rings (SSSR count). The van der Waals surface area contributed by atoms with E-state index < -0.39 is 107 Å². The monoisotopic (exact) mass is 841 g/mol. The van der Waals surface area contributed by atoms with Crippen molar-refractivity contribution in [3.8, 4) is 0 Å². The molecule has 0 aromatic heterocycles. The fraction of sp³-hybridized carbons (Fsp3) is 0.647. The fourth-order valence-corrected chi connectivity index (χ4v) is 7.10. The Hall–Kier alpha value is -2.74. The van der Waals surface area contributed by atoms with E-state index in [0.29, 0.717) is 11.3 Å². The highest BCUT2D eigenvalue weighted by Gasteiger charge is 2.58. The Morgan fingerprint density at radius 1 is 0.833 bits per heavy atom. The zero-order chi connectivity index (χ0) is 39.7. The van der Waals surface area contributed by atoms with Crippen molar-refractivity contribution in [1.29, 1.82) is 0 Å². The molecule has 3 saturated heterocycles. The summed E-state index contributed by atoms with van der Waals surface area (Å²) in [5.41, 5.74) is -0.221. The maximum absolute atomic E-state index is 13.2. The van der Waals surface area contributed by atoms with Crippen molar-refractivity contribution in [2.75, 3.05) is 19.0 Å². The third kappa shape index (κ3) is 12.1. The molecule has 0 saturated carbocycles. The van der Waals surface area contributed by atoms with Gasteiger partial charge in [0.2, 0.25) is 0 Å². The molecule has 54 heavy (non-hydrogen) atoms. The van der Waals surface area contributed by atoms with Gasteiger partial charge < -0.3 is 52.7 Å². The van der Waals surface area contributed by atoms with Crippen LogP contribution in [-0.2, 0) is 71.4 Å². The quantitative estimate of drug-likeness (QED) is 0.163. The lowest BCUT2D eigenvalue weighted by molar-refractivity contribution is -0.357. The van der Waals surface area contributed by atoms with Gasteiger partial charge in [-0.2, -0.15) is 0 Å². The smallest absolute Gasteiger partial charge is 0.306 e. The lowest BCUT2D eigenvalue weighted by Crippen LogP contribution is -2.70. The van der Waals surface area contributed by atoms with E-state index >= 15 is 0 Å². The minimum atomic E-state index is -2.42. The normalized spacial score (nSPS) is 30.9. The molecule has 3 aliphatic rings. The molecule has 0 bridgehead atoms. The third-order valence-electron chi connectivity index (χ3n) is 8.18. The predicted octanol–water partition coefficient (Wildman–Crippen LogP) is 3.25. The Bertz CT molecular complexity index is 1500. The number of nitrogens with one attached hydrogen (secondary N) is 1. The molecule has 1 aromatic carbocycles. The summed E-state index contributed by atoms with van der Waals surface area (Å²) < 4.78 is 51.5. The van der Waals surface area contributed by atoms with Gasteiger partial charge in [-0.15, -0.1) is 11.8 Å². The highest BCUT2D eigenvalue weighted by atomic mass is 35.6. The number of amides is 1. The van der Waals surface area contributed by atoms with Crippen LogP contribution in [-0.4, -0.2) is 119 Å². The third-order valence-corrected chi connectivity index (χ3v) is 9.76. The van der Waals surface area contributed by atoms with Gasteiger partial charge in [0, 0.05) is 32.8 Å². The number of alkyl halides is 3. The van der Waals surface area contributed by atoms with Crippen molar-refractivity contribution in [3.63, 3.8) is 0 Å². The maximum Gasteiger partial charge on any atom is 0.306 e. The molecule has 300 valence electrons. The predicted molar refractivity (Wildman–Crippen MR) is 190 cm³/mol. The Kier molecular flexibility index (Phi) is 16.2. The number of carbonyl (C=O) groups excluding carboxylic acids is 6. The Balaban J connectivity index is 1.84. The van der Waals surface area contributed by atoms with E-state index in [2.05, 4.69) is 5.32 Å². The number of carbonyl (C=O) groups is 6. The summed E-state index contributed by atoms with van der Waals surface area (Å²) in [5.74, 6) is -4.18. The second-order valence-electron chi connectivity index (χ2n) is 12.4. The zero-order valence-electron chi connectivity index (χ0n) is 29.9. The van der Waals surface area contributed by atoms with E-state index in [0.717, 1.165) is 20.8 Å². The molecule has 1 N–H and O–H groups in total. The van der Waals surface area contributed by atoms with Gasteiger partial charge in [-0.3, -0.25) is 24.0 Å². The average molecular weight is 843 g/mol. The highest BCUT2D eigenvalue weighted by Crippen LogP contribution is 2.41. The minimum Gasteiger partial charge on any atom is -0.463 e. The minimum absolute atomic E-state index is 0.00461. The molecule has 11 atom stereocenters. The van der Waals surface area contributed by atoms with Gasteiger partial charge in [0.25, 0.3) is 9.70 Å². The largest absolute Gasteiger partial charge is 0.463 e. The molecule has 20 heteroatoms. The molecule has 0 aliphatic carbocycles. The first kappa shape index (κ1) is 44.0. The van der Waals surface area contributed by atoms with Gasteiger partial charge in [-0.25, -0.2) is 0 Å². The number of thioether (sulfide) groups is 1. The first-order valence-electron chi connectivity index (χ1n) is 16.9. The summed E-state index contributed by atoms with van der Waals surface area (Å²) in [5, 5.41) is 2.69. The molecule has 1 aromatic rings. The zero-order valence-corrected chi connectivity index (χ0v) is 33.0. The van der Waals surface area contributed by atoms with Crippen LogP contribution in [0.15, 0.2) is 30.3 Å². The molecule has 1 amide bonds. The van der Waals surface area contributed by atoms with E-state index in [-0.39, 0.29) is 25.2 Å². The number of fused-ring (bicyclic) bond motifs is 1. The number of hydrogen-bond donors (Lipinski definition) is 1.